The summed E-state index contributed by atoms with van der Waals surface area (Å²) in [6.45, 7) is 4.35. The van der Waals surface area contributed by atoms with Gasteiger partial charge < -0.3 is 9.40 Å². The van der Waals surface area contributed by atoms with Crippen LogP contribution in [0.1, 0.15) is 29.5 Å². The molecule has 1 atom stereocenters. The van der Waals surface area contributed by atoms with Gasteiger partial charge in [0.2, 0.25) is 0 Å². The molecular weight excluding hydrogens is 933 g/mol. The third kappa shape index (κ3) is 8.80. The first-order chi connectivity index (χ1) is 27.2. The Morgan fingerprint density at radius 3 is 1.89 bits per heavy atom. The van der Waals surface area contributed by atoms with Crippen LogP contribution >= 0.6 is 0 Å². The Morgan fingerprint density at radius 2 is 1.26 bits per heavy atom. The smallest absolute Gasteiger partial charge is 0 e. The monoisotopic (exact) mass is 979 g/mol. The third-order valence-electron chi connectivity index (χ3n) is 10.5. The molecule has 0 amide bonds. The Kier molecular flexibility index (Phi) is 12.2. The van der Waals surface area contributed by atoms with Gasteiger partial charge >= 0.3 is 135 Å². The van der Waals surface area contributed by atoms with E-state index in [1.807, 2.05) is 30.6 Å². The third-order valence-corrected chi connectivity index (χ3v) is 14.8. The summed E-state index contributed by atoms with van der Waals surface area (Å²) in [4.78, 5) is 9.34. The second kappa shape index (κ2) is 17.4. The van der Waals surface area contributed by atoms with Crippen LogP contribution < -0.4 is 4.40 Å². The van der Waals surface area contributed by atoms with E-state index in [0.29, 0.717) is 0 Å². The largest absolute Gasteiger partial charge is 0 e. The summed E-state index contributed by atoms with van der Waals surface area (Å²) in [7, 11) is 0. The average Bonchev–Trinajstić information content (AvgIpc) is 3.64. The molecule has 0 fully saturated rings. The van der Waals surface area contributed by atoms with Gasteiger partial charge in [-0.05, 0) is 46.1 Å². The minimum atomic E-state index is -1.78. The predicted octanol–water partition coefficient (Wildman–Crippen LogP) is 13.3. The topological polar surface area (TPSA) is 38.9 Å². The van der Waals surface area contributed by atoms with Gasteiger partial charge in [-0.25, -0.2) is 0 Å². The number of aryl methyl sites for hydroxylation is 1. The van der Waals surface area contributed by atoms with Crippen molar-refractivity contribution in [3.8, 4) is 44.8 Å². The summed E-state index contributed by atoms with van der Waals surface area (Å²) in [6, 6.07) is 61.6. The summed E-state index contributed by atoms with van der Waals surface area (Å²) in [5, 5.41) is 2.25. The van der Waals surface area contributed by atoms with Crippen LogP contribution in [-0.2, 0) is 20.1 Å². The van der Waals surface area contributed by atoms with Crippen molar-refractivity contribution in [3.05, 3.63) is 199 Å². The molecule has 1 unspecified atom stereocenters. The number of pyridine rings is 2. The van der Waals surface area contributed by atoms with Crippen molar-refractivity contribution in [2.45, 2.75) is 37.0 Å². The van der Waals surface area contributed by atoms with E-state index < -0.39 is 13.3 Å². The molecule has 9 aromatic rings. The minimum Gasteiger partial charge on any atom is 0 e. The molecule has 0 bridgehead atoms. The molecule has 6 aromatic carbocycles. The van der Waals surface area contributed by atoms with Crippen molar-refractivity contribution in [3.63, 3.8) is 0 Å². The molecule has 9 rings (SSSR count). The van der Waals surface area contributed by atoms with Gasteiger partial charge in [-0.2, -0.15) is 0 Å². The van der Waals surface area contributed by atoms with Gasteiger partial charge in [-0.1, -0.05) is 97.6 Å². The van der Waals surface area contributed by atoms with E-state index in [1.165, 1.54) is 37.8 Å². The van der Waals surface area contributed by atoms with Gasteiger partial charge in [0.15, 0.2) is 0 Å². The standard InChI is InChI=1S/C32H24NO.C20H20GeN.Ir/c1-21-13-15-27(29-20-25(17-18-33-29)22(2)23-9-5-3-6-10-23)32-31(21)28-19-26(14-16-30(28)34-32)24-11-7-4-8-12-24;1-21(2,3)19-13-14-20(22-15-19)18-11-9-17(10-12-18)16-7-5-4-6-8-16;/h3-14,16-20,22H,1-2H3;4-11,13-15H,1-3H3;/q2*-1;. The van der Waals surface area contributed by atoms with Gasteiger partial charge in [0, 0.05) is 37.6 Å². The second-order valence-electron chi connectivity index (χ2n) is 15.4. The van der Waals surface area contributed by atoms with Gasteiger partial charge in [-0.15, -0.1) is 17.7 Å². The fourth-order valence-corrected chi connectivity index (χ4v) is 9.33. The zero-order valence-electron chi connectivity index (χ0n) is 32.9. The van der Waals surface area contributed by atoms with Crippen LogP contribution in [0.25, 0.3) is 66.7 Å². The molecule has 0 aliphatic heterocycles. The van der Waals surface area contributed by atoms with E-state index in [4.69, 9.17) is 9.40 Å². The molecule has 0 saturated heterocycles. The summed E-state index contributed by atoms with van der Waals surface area (Å²) >= 11 is -1.78. The summed E-state index contributed by atoms with van der Waals surface area (Å²) < 4.78 is 7.86. The predicted molar refractivity (Wildman–Crippen MR) is 237 cm³/mol. The molecule has 5 heteroatoms. The molecule has 0 aliphatic carbocycles. The van der Waals surface area contributed by atoms with Crippen molar-refractivity contribution < 1.29 is 24.5 Å². The number of hydrogen-bond acceptors (Lipinski definition) is 3. The molecule has 283 valence electrons. The number of furan rings is 1. The van der Waals surface area contributed by atoms with Crippen LogP contribution in [-0.4, -0.2) is 23.2 Å². The van der Waals surface area contributed by atoms with E-state index in [1.54, 1.807) is 0 Å². The van der Waals surface area contributed by atoms with Crippen LogP contribution in [0.15, 0.2) is 175 Å². The Morgan fingerprint density at radius 1 is 0.596 bits per heavy atom. The van der Waals surface area contributed by atoms with E-state index in [0.717, 1.165) is 50.0 Å². The summed E-state index contributed by atoms with van der Waals surface area (Å²) in [5.74, 6) is 7.43. The van der Waals surface area contributed by atoms with Crippen molar-refractivity contribution in [2.75, 3.05) is 0 Å². The molecule has 3 heterocycles. The van der Waals surface area contributed by atoms with Crippen LogP contribution in [0.4, 0.5) is 0 Å². The Balaban J connectivity index is 0.000000188. The molecule has 0 aliphatic rings. The number of aromatic nitrogens is 2. The van der Waals surface area contributed by atoms with Crippen LogP contribution in [0.3, 0.4) is 0 Å². The van der Waals surface area contributed by atoms with E-state index in [9.17, 15) is 0 Å². The van der Waals surface area contributed by atoms with Gasteiger partial charge in [0.1, 0.15) is 5.58 Å². The number of hydrogen-bond donors (Lipinski definition) is 0. The molecular formula is C52H44GeIrN2O-2. The average molecular weight is 978 g/mol. The van der Waals surface area contributed by atoms with E-state index >= 15 is 0 Å². The fourth-order valence-electron chi connectivity index (χ4n) is 7.16. The zero-order chi connectivity index (χ0) is 38.6. The molecule has 3 aromatic heterocycles. The van der Waals surface area contributed by atoms with E-state index in [2.05, 4.69) is 188 Å². The van der Waals surface area contributed by atoms with Crippen LogP contribution in [0.5, 0.6) is 0 Å². The Bertz CT molecular complexity index is 2720. The first-order valence-corrected chi connectivity index (χ1v) is 26.6. The van der Waals surface area contributed by atoms with Crippen LogP contribution in [0, 0.1) is 19.1 Å². The number of rotatable bonds is 7. The maximum Gasteiger partial charge on any atom is 0 e. The SMILES string of the molecule is Cc1c[c-]c(-c2cc(C(C)c3ccccc3)ccn2)c2oc3ccc(-c4ccccc4)cc3c12.[CH3][Ge]([CH3])([CH3])[c]1ccc(-c2[c-]cc(-c3ccccc3)cc2)nc1.[Ir]. The first-order valence-electron chi connectivity index (χ1n) is 19.2. The fraction of sp³-hybridized carbons (Fsp3) is 0.115. The van der Waals surface area contributed by atoms with Crippen molar-refractivity contribution in [2.24, 2.45) is 0 Å². The van der Waals surface area contributed by atoms with Crippen molar-refractivity contribution in [1.29, 1.82) is 0 Å². The zero-order valence-corrected chi connectivity index (χ0v) is 37.4. The van der Waals surface area contributed by atoms with E-state index in [-0.39, 0.29) is 26.0 Å². The van der Waals surface area contributed by atoms with Crippen LogP contribution in [0.2, 0.25) is 17.3 Å². The second-order valence-corrected chi connectivity index (χ2v) is 26.0. The van der Waals surface area contributed by atoms with Gasteiger partial charge in [-0.3, -0.25) is 0 Å². The molecule has 57 heavy (non-hydrogen) atoms. The number of nitrogens with zero attached hydrogens (tertiary/aromatic N) is 2. The maximum absolute atomic E-state index is 6.42. The van der Waals surface area contributed by atoms with Crippen molar-refractivity contribution >= 4 is 39.6 Å². The number of fused-ring (bicyclic) bond motifs is 3. The summed E-state index contributed by atoms with van der Waals surface area (Å²) in [6.07, 6.45) is 3.94. The molecule has 0 saturated carbocycles. The summed E-state index contributed by atoms with van der Waals surface area (Å²) in [5.41, 5.74) is 14.0. The minimum absolute atomic E-state index is 0. The first kappa shape index (κ1) is 39.8. The molecule has 3 nitrogen and oxygen atoms in total. The van der Waals surface area contributed by atoms with Crippen molar-refractivity contribution in [1.82, 2.24) is 9.97 Å². The molecule has 0 spiro atoms. The number of benzene rings is 6. The molecule has 1 radical (unpaired) electrons. The Labute approximate surface area is 352 Å². The maximum atomic E-state index is 6.42. The molecule has 0 N–H and O–H groups in total. The Hall–Kier alpha value is -5.39. The van der Waals surface area contributed by atoms with Gasteiger partial charge in [0.05, 0.1) is 5.58 Å². The van der Waals surface area contributed by atoms with Gasteiger partial charge in [0.25, 0.3) is 0 Å². The normalized spacial score (nSPS) is 11.7. The quantitative estimate of drug-likeness (QED) is 0.118.